The van der Waals surface area contributed by atoms with Crippen LogP contribution in [0.3, 0.4) is 0 Å². The van der Waals surface area contributed by atoms with Crippen molar-refractivity contribution in [3.05, 3.63) is 65.5 Å². The maximum absolute atomic E-state index is 13.5. The third-order valence-electron chi connectivity index (χ3n) is 3.27. The van der Waals surface area contributed by atoms with E-state index in [1.807, 2.05) is 24.3 Å². The van der Waals surface area contributed by atoms with Gasteiger partial charge in [0.25, 0.3) is 0 Å². The largest absolute Gasteiger partial charge is 0.381 e. The maximum Gasteiger partial charge on any atom is 0.126 e. The molecule has 1 aliphatic heterocycles. The van der Waals surface area contributed by atoms with Crippen molar-refractivity contribution in [3.63, 3.8) is 0 Å². The second-order valence-corrected chi connectivity index (χ2v) is 4.50. The molecule has 0 fully saturated rings. The lowest BCUT2D eigenvalue weighted by Gasteiger charge is -2.11. The minimum atomic E-state index is -0.106. The Morgan fingerprint density at radius 2 is 1.82 bits per heavy atom. The zero-order valence-electron chi connectivity index (χ0n) is 9.49. The molecule has 0 saturated carbocycles. The second-order valence-electron chi connectivity index (χ2n) is 4.50. The molecule has 0 bridgehead atoms. The van der Waals surface area contributed by atoms with E-state index in [-0.39, 0.29) is 5.82 Å². The van der Waals surface area contributed by atoms with Gasteiger partial charge in [0.2, 0.25) is 0 Å². The van der Waals surface area contributed by atoms with E-state index in [2.05, 4.69) is 17.4 Å². The van der Waals surface area contributed by atoms with Crippen LogP contribution in [-0.2, 0) is 12.8 Å². The van der Waals surface area contributed by atoms with Gasteiger partial charge in [0, 0.05) is 11.7 Å². The van der Waals surface area contributed by atoms with Gasteiger partial charge in [0.05, 0.1) is 0 Å². The topological polar surface area (TPSA) is 12.0 Å². The van der Waals surface area contributed by atoms with Crippen LogP contribution in [0.25, 0.3) is 0 Å². The third-order valence-corrected chi connectivity index (χ3v) is 3.27. The molecule has 0 radical (unpaired) electrons. The van der Waals surface area contributed by atoms with E-state index < -0.39 is 0 Å². The van der Waals surface area contributed by atoms with Gasteiger partial charge in [0.1, 0.15) is 5.82 Å². The van der Waals surface area contributed by atoms with Crippen LogP contribution >= 0.6 is 0 Å². The standard InChI is InChI=1S/C15H14FN/c16-14-7-3-1-5-11(14)9-13-10-12-6-2-4-8-15(12)17-13/h1-8,13,17H,9-10H2. The third kappa shape index (κ3) is 2.03. The van der Waals surface area contributed by atoms with Gasteiger partial charge in [-0.1, -0.05) is 36.4 Å². The molecule has 1 aliphatic rings. The summed E-state index contributed by atoms with van der Waals surface area (Å²) in [6.07, 6.45) is 1.71. The zero-order valence-corrected chi connectivity index (χ0v) is 9.49. The molecule has 2 heteroatoms. The molecule has 0 aromatic heterocycles. The number of halogens is 1. The average molecular weight is 227 g/mol. The monoisotopic (exact) mass is 227 g/mol. The number of fused-ring (bicyclic) bond motifs is 1. The van der Waals surface area contributed by atoms with Crippen LogP contribution < -0.4 is 5.32 Å². The molecule has 0 spiro atoms. The van der Waals surface area contributed by atoms with Gasteiger partial charge in [-0.05, 0) is 36.1 Å². The van der Waals surface area contributed by atoms with E-state index in [9.17, 15) is 4.39 Å². The molecule has 86 valence electrons. The Morgan fingerprint density at radius 1 is 1.06 bits per heavy atom. The smallest absolute Gasteiger partial charge is 0.126 e. The highest BCUT2D eigenvalue weighted by Crippen LogP contribution is 2.27. The van der Waals surface area contributed by atoms with Crippen molar-refractivity contribution < 1.29 is 4.39 Å². The van der Waals surface area contributed by atoms with Crippen LogP contribution in [0.5, 0.6) is 0 Å². The molecule has 1 unspecified atom stereocenters. The average Bonchev–Trinajstić information content (AvgIpc) is 2.74. The predicted octanol–water partition coefficient (Wildman–Crippen LogP) is 3.41. The number of para-hydroxylation sites is 1. The Labute approximate surface area is 100 Å². The van der Waals surface area contributed by atoms with Crippen molar-refractivity contribution >= 4 is 5.69 Å². The SMILES string of the molecule is Fc1ccccc1CC1Cc2ccccc2N1. The molecular formula is C15H14FN. The fourth-order valence-corrected chi connectivity index (χ4v) is 2.43. The summed E-state index contributed by atoms with van der Waals surface area (Å²) >= 11 is 0. The van der Waals surface area contributed by atoms with Gasteiger partial charge in [0.15, 0.2) is 0 Å². The molecule has 0 amide bonds. The summed E-state index contributed by atoms with van der Waals surface area (Å²) in [5.74, 6) is -0.106. The first-order chi connectivity index (χ1) is 8.33. The highest BCUT2D eigenvalue weighted by atomic mass is 19.1. The minimum absolute atomic E-state index is 0.106. The number of rotatable bonds is 2. The highest BCUT2D eigenvalue weighted by molar-refractivity contribution is 5.56. The molecule has 1 nitrogen and oxygen atoms in total. The molecule has 2 aromatic carbocycles. The van der Waals surface area contributed by atoms with Gasteiger partial charge in [-0.25, -0.2) is 4.39 Å². The molecule has 17 heavy (non-hydrogen) atoms. The summed E-state index contributed by atoms with van der Waals surface area (Å²) in [4.78, 5) is 0. The first kappa shape index (κ1) is 10.3. The van der Waals surface area contributed by atoms with E-state index in [1.165, 1.54) is 17.3 Å². The fraction of sp³-hybridized carbons (Fsp3) is 0.200. The summed E-state index contributed by atoms with van der Waals surface area (Å²) in [6.45, 7) is 0. The number of hydrogen-bond acceptors (Lipinski definition) is 1. The van der Waals surface area contributed by atoms with Crippen LogP contribution in [0.15, 0.2) is 48.5 Å². The van der Waals surface area contributed by atoms with Gasteiger partial charge < -0.3 is 5.32 Å². The quantitative estimate of drug-likeness (QED) is 0.829. The number of benzene rings is 2. The van der Waals surface area contributed by atoms with Crippen molar-refractivity contribution in [1.29, 1.82) is 0 Å². The highest BCUT2D eigenvalue weighted by Gasteiger charge is 2.20. The Kier molecular flexibility index (Phi) is 2.56. The van der Waals surface area contributed by atoms with Crippen LogP contribution in [0.4, 0.5) is 10.1 Å². The van der Waals surface area contributed by atoms with Gasteiger partial charge >= 0.3 is 0 Å². The summed E-state index contributed by atoms with van der Waals surface area (Å²) in [6, 6.07) is 15.6. The zero-order chi connectivity index (χ0) is 11.7. The van der Waals surface area contributed by atoms with Crippen molar-refractivity contribution in [1.82, 2.24) is 0 Å². The van der Waals surface area contributed by atoms with Crippen molar-refractivity contribution in [2.24, 2.45) is 0 Å². The molecule has 3 rings (SSSR count). The predicted molar refractivity (Wildman–Crippen MR) is 67.7 cm³/mol. The molecule has 1 heterocycles. The normalized spacial score (nSPS) is 17.6. The maximum atomic E-state index is 13.5. The second kappa shape index (κ2) is 4.21. The van der Waals surface area contributed by atoms with E-state index in [0.29, 0.717) is 6.04 Å². The van der Waals surface area contributed by atoms with E-state index >= 15 is 0 Å². The molecule has 0 saturated heterocycles. The number of hydrogen-bond donors (Lipinski definition) is 1. The molecule has 0 aliphatic carbocycles. The van der Waals surface area contributed by atoms with E-state index in [0.717, 1.165) is 18.4 Å². The first-order valence-corrected chi connectivity index (χ1v) is 5.91. The fourth-order valence-electron chi connectivity index (χ4n) is 2.43. The Hall–Kier alpha value is -1.83. The van der Waals surface area contributed by atoms with Crippen molar-refractivity contribution in [3.8, 4) is 0 Å². The van der Waals surface area contributed by atoms with Crippen LogP contribution in [0.1, 0.15) is 11.1 Å². The molecule has 1 N–H and O–H groups in total. The lowest BCUT2D eigenvalue weighted by Crippen LogP contribution is -2.19. The lowest BCUT2D eigenvalue weighted by molar-refractivity contribution is 0.598. The van der Waals surface area contributed by atoms with E-state index in [4.69, 9.17) is 0 Å². The Morgan fingerprint density at radius 3 is 2.65 bits per heavy atom. The van der Waals surface area contributed by atoms with Crippen LogP contribution in [-0.4, -0.2) is 6.04 Å². The van der Waals surface area contributed by atoms with Gasteiger partial charge in [-0.2, -0.15) is 0 Å². The summed E-state index contributed by atoms with van der Waals surface area (Å²) in [7, 11) is 0. The molecule has 2 aromatic rings. The summed E-state index contributed by atoms with van der Waals surface area (Å²) in [5, 5.41) is 3.44. The number of anilines is 1. The molecular weight excluding hydrogens is 213 g/mol. The minimum Gasteiger partial charge on any atom is -0.381 e. The Balaban J connectivity index is 1.76. The van der Waals surface area contributed by atoms with Crippen molar-refractivity contribution in [2.75, 3.05) is 5.32 Å². The van der Waals surface area contributed by atoms with E-state index in [1.54, 1.807) is 6.07 Å². The summed E-state index contributed by atoms with van der Waals surface area (Å²) in [5.41, 5.74) is 3.31. The number of nitrogens with one attached hydrogen (secondary N) is 1. The Bertz CT molecular complexity index is 511. The van der Waals surface area contributed by atoms with Gasteiger partial charge in [-0.15, -0.1) is 0 Å². The van der Waals surface area contributed by atoms with Crippen LogP contribution in [0, 0.1) is 5.82 Å². The lowest BCUT2D eigenvalue weighted by atomic mass is 10.0. The van der Waals surface area contributed by atoms with Crippen molar-refractivity contribution in [2.45, 2.75) is 18.9 Å². The first-order valence-electron chi connectivity index (χ1n) is 5.91. The molecule has 1 atom stereocenters. The van der Waals surface area contributed by atoms with Gasteiger partial charge in [-0.3, -0.25) is 0 Å². The summed E-state index contributed by atoms with van der Waals surface area (Å²) < 4.78 is 13.5. The van der Waals surface area contributed by atoms with Crippen LogP contribution in [0.2, 0.25) is 0 Å².